The Labute approximate surface area is 80.8 Å². The van der Waals surface area contributed by atoms with E-state index >= 15 is 0 Å². The Kier molecular flexibility index (Phi) is 2.13. The smallest absolute Gasteiger partial charge is 0.326 e. The second kappa shape index (κ2) is 3.31. The zero-order chi connectivity index (χ0) is 10.1. The first-order valence-corrected chi connectivity index (χ1v) is 4.53. The van der Waals surface area contributed by atoms with Crippen molar-refractivity contribution < 1.29 is 5.11 Å². The predicted molar refractivity (Wildman–Crippen MR) is 54.4 cm³/mol. The second-order valence-corrected chi connectivity index (χ2v) is 3.28. The number of para-hydroxylation sites is 1. The second-order valence-electron chi connectivity index (χ2n) is 3.28. The van der Waals surface area contributed by atoms with Gasteiger partial charge >= 0.3 is 5.69 Å². The Morgan fingerprint density at radius 1 is 1.50 bits per heavy atom. The van der Waals surface area contributed by atoms with Crippen molar-refractivity contribution >= 4 is 11.0 Å². The van der Waals surface area contributed by atoms with Gasteiger partial charge in [-0.25, -0.2) is 4.79 Å². The van der Waals surface area contributed by atoms with E-state index in [2.05, 4.69) is 4.98 Å². The van der Waals surface area contributed by atoms with Crippen molar-refractivity contribution in [3.63, 3.8) is 0 Å². The molecule has 74 valence electrons. The van der Waals surface area contributed by atoms with Crippen LogP contribution in [0.15, 0.2) is 23.0 Å². The van der Waals surface area contributed by atoms with E-state index in [9.17, 15) is 4.79 Å². The first kappa shape index (κ1) is 9.02. The zero-order valence-corrected chi connectivity index (χ0v) is 7.95. The van der Waals surface area contributed by atoms with Gasteiger partial charge in [-0.2, -0.15) is 0 Å². The van der Waals surface area contributed by atoms with Crippen molar-refractivity contribution in [2.75, 3.05) is 6.61 Å². The summed E-state index contributed by atoms with van der Waals surface area (Å²) in [7, 11) is 0. The van der Waals surface area contributed by atoms with E-state index in [1.54, 1.807) is 4.57 Å². The van der Waals surface area contributed by atoms with Gasteiger partial charge in [0.25, 0.3) is 0 Å². The van der Waals surface area contributed by atoms with Crippen LogP contribution in [0.3, 0.4) is 0 Å². The van der Waals surface area contributed by atoms with Gasteiger partial charge in [0.2, 0.25) is 0 Å². The van der Waals surface area contributed by atoms with Crippen LogP contribution in [0.25, 0.3) is 11.0 Å². The summed E-state index contributed by atoms with van der Waals surface area (Å²) < 4.78 is 1.56. The largest absolute Gasteiger partial charge is 0.395 e. The highest BCUT2D eigenvalue weighted by molar-refractivity contribution is 5.78. The third kappa shape index (κ3) is 1.24. The zero-order valence-electron chi connectivity index (χ0n) is 7.95. The first-order chi connectivity index (χ1) is 6.74. The molecule has 0 aliphatic rings. The van der Waals surface area contributed by atoms with Crippen LogP contribution in [0.2, 0.25) is 0 Å². The molecule has 0 saturated heterocycles. The lowest BCUT2D eigenvalue weighted by molar-refractivity contribution is 0.276. The van der Waals surface area contributed by atoms with Crippen molar-refractivity contribution in [3.8, 4) is 0 Å². The molecule has 0 atom stereocenters. The summed E-state index contributed by atoms with van der Waals surface area (Å²) in [5.74, 6) is 0. The van der Waals surface area contributed by atoms with Gasteiger partial charge in [-0.1, -0.05) is 12.1 Å². The molecule has 0 aliphatic carbocycles. The van der Waals surface area contributed by atoms with Crippen molar-refractivity contribution in [2.45, 2.75) is 13.5 Å². The molecule has 0 unspecified atom stereocenters. The van der Waals surface area contributed by atoms with Crippen molar-refractivity contribution in [3.05, 3.63) is 34.2 Å². The first-order valence-electron chi connectivity index (χ1n) is 4.53. The predicted octanol–water partition coefficient (Wildman–Crippen LogP) is 0.630. The number of aryl methyl sites for hydroxylation is 1. The van der Waals surface area contributed by atoms with Crippen LogP contribution in [0.4, 0.5) is 0 Å². The van der Waals surface area contributed by atoms with Crippen molar-refractivity contribution in [2.24, 2.45) is 0 Å². The molecule has 2 aromatic rings. The van der Waals surface area contributed by atoms with E-state index in [1.807, 2.05) is 25.1 Å². The molecule has 0 aliphatic heterocycles. The normalized spacial score (nSPS) is 11.0. The molecule has 0 saturated carbocycles. The molecule has 14 heavy (non-hydrogen) atoms. The molecule has 1 heterocycles. The molecule has 0 bridgehead atoms. The lowest BCUT2D eigenvalue weighted by Crippen LogP contribution is -2.18. The Balaban J connectivity index is 2.79. The van der Waals surface area contributed by atoms with E-state index < -0.39 is 0 Å². The van der Waals surface area contributed by atoms with E-state index in [1.165, 1.54) is 0 Å². The fourth-order valence-electron chi connectivity index (χ4n) is 1.72. The monoisotopic (exact) mass is 192 g/mol. The van der Waals surface area contributed by atoms with Crippen molar-refractivity contribution in [1.82, 2.24) is 9.55 Å². The fraction of sp³-hybridized carbons (Fsp3) is 0.300. The number of benzene rings is 1. The maximum atomic E-state index is 11.5. The number of imidazole rings is 1. The molecule has 1 aromatic carbocycles. The lowest BCUT2D eigenvalue weighted by atomic mass is 10.2. The van der Waals surface area contributed by atoms with Gasteiger partial charge in [-0.05, 0) is 18.6 Å². The Morgan fingerprint density at radius 2 is 2.29 bits per heavy atom. The molecule has 0 amide bonds. The number of aliphatic hydroxyl groups is 1. The molecule has 0 radical (unpaired) electrons. The number of hydrogen-bond donors (Lipinski definition) is 2. The number of fused-ring (bicyclic) bond motifs is 1. The third-order valence-corrected chi connectivity index (χ3v) is 2.32. The summed E-state index contributed by atoms with van der Waals surface area (Å²) >= 11 is 0. The van der Waals surface area contributed by atoms with E-state index in [0.29, 0.717) is 6.54 Å². The van der Waals surface area contributed by atoms with Gasteiger partial charge in [-0.15, -0.1) is 0 Å². The van der Waals surface area contributed by atoms with E-state index in [4.69, 9.17) is 5.11 Å². The number of hydrogen-bond acceptors (Lipinski definition) is 2. The molecule has 4 nitrogen and oxygen atoms in total. The Morgan fingerprint density at radius 3 is 3.00 bits per heavy atom. The minimum absolute atomic E-state index is 0.0266. The fourth-order valence-corrected chi connectivity index (χ4v) is 1.72. The highest BCUT2D eigenvalue weighted by Crippen LogP contribution is 2.14. The van der Waals surface area contributed by atoms with Gasteiger partial charge in [0.1, 0.15) is 0 Å². The number of nitrogens with zero attached hydrogens (tertiary/aromatic N) is 1. The summed E-state index contributed by atoms with van der Waals surface area (Å²) in [6, 6.07) is 5.71. The van der Waals surface area contributed by atoms with Gasteiger partial charge in [0.05, 0.1) is 24.2 Å². The minimum atomic E-state index is -0.164. The maximum Gasteiger partial charge on any atom is 0.326 e. The number of H-pyrrole nitrogens is 1. The third-order valence-electron chi connectivity index (χ3n) is 2.32. The number of nitrogens with one attached hydrogen (secondary N) is 1. The van der Waals surface area contributed by atoms with Crippen LogP contribution in [0, 0.1) is 6.92 Å². The van der Waals surface area contributed by atoms with E-state index in [-0.39, 0.29) is 12.3 Å². The van der Waals surface area contributed by atoms with Gasteiger partial charge in [0.15, 0.2) is 0 Å². The number of rotatable bonds is 2. The van der Waals surface area contributed by atoms with Crippen LogP contribution in [-0.2, 0) is 6.54 Å². The lowest BCUT2D eigenvalue weighted by Gasteiger charge is -2.02. The quantitative estimate of drug-likeness (QED) is 0.733. The van der Waals surface area contributed by atoms with Gasteiger partial charge < -0.3 is 10.1 Å². The molecular weight excluding hydrogens is 180 g/mol. The van der Waals surface area contributed by atoms with E-state index in [0.717, 1.165) is 16.6 Å². The number of aromatic nitrogens is 2. The number of aromatic amines is 1. The highest BCUT2D eigenvalue weighted by Gasteiger charge is 2.07. The average Bonchev–Trinajstić information content (AvgIpc) is 2.45. The minimum Gasteiger partial charge on any atom is -0.395 e. The summed E-state index contributed by atoms with van der Waals surface area (Å²) in [5.41, 5.74) is 2.58. The molecular formula is C10H12N2O2. The SMILES string of the molecule is Cc1cccc2[nH]c(=O)n(CCO)c12. The standard InChI is InChI=1S/C10H12N2O2/c1-7-3-2-4-8-9(7)12(5-6-13)10(14)11-8/h2-4,13H,5-6H2,1H3,(H,11,14). The maximum absolute atomic E-state index is 11.5. The molecule has 2 N–H and O–H groups in total. The topological polar surface area (TPSA) is 58.0 Å². The summed E-state index contributed by atoms with van der Waals surface area (Å²) in [4.78, 5) is 14.2. The van der Waals surface area contributed by atoms with Crippen LogP contribution >= 0.6 is 0 Å². The van der Waals surface area contributed by atoms with Gasteiger partial charge in [-0.3, -0.25) is 4.57 Å². The molecule has 2 rings (SSSR count). The van der Waals surface area contributed by atoms with Gasteiger partial charge in [0, 0.05) is 0 Å². The van der Waals surface area contributed by atoms with Crippen LogP contribution in [0.1, 0.15) is 5.56 Å². The molecule has 0 spiro atoms. The summed E-state index contributed by atoms with van der Waals surface area (Å²) in [6.45, 7) is 2.26. The molecule has 4 heteroatoms. The Hall–Kier alpha value is -1.55. The average molecular weight is 192 g/mol. The Bertz CT molecular complexity index is 510. The van der Waals surface area contributed by atoms with Crippen molar-refractivity contribution in [1.29, 1.82) is 0 Å². The van der Waals surface area contributed by atoms with Crippen LogP contribution in [0.5, 0.6) is 0 Å². The molecule has 1 aromatic heterocycles. The summed E-state index contributed by atoms with van der Waals surface area (Å²) in [5, 5.41) is 8.84. The highest BCUT2D eigenvalue weighted by atomic mass is 16.3. The number of aliphatic hydroxyl groups excluding tert-OH is 1. The van der Waals surface area contributed by atoms with Crippen LogP contribution < -0.4 is 5.69 Å². The molecule has 0 fully saturated rings. The summed E-state index contributed by atoms with van der Waals surface area (Å²) in [6.07, 6.45) is 0. The van der Waals surface area contributed by atoms with Crippen LogP contribution in [-0.4, -0.2) is 21.3 Å².